The summed E-state index contributed by atoms with van der Waals surface area (Å²) in [5.41, 5.74) is 2.09. The van der Waals surface area contributed by atoms with Gasteiger partial charge in [0, 0.05) is 30.7 Å². The highest BCUT2D eigenvalue weighted by atomic mass is 16.5. The number of rotatable bonds is 7. The zero-order valence-electron chi connectivity index (χ0n) is 22.9. The maximum absolute atomic E-state index is 13.2. The van der Waals surface area contributed by atoms with Gasteiger partial charge in [0.15, 0.2) is 0 Å². The van der Waals surface area contributed by atoms with E-state index in [1.807, 2.05) is 18.3 Å². The fourth-order valence-corrected chi connectivity index (χ4v) is 5.45. The minimum atomic E-state index is -0.151. The molecule has 3 fully saturated rings. The van der Waals surface area contributed by atoms with Crippen molar-refractivity contribution in [1.82, 2.24) is 20.5 Å². The third-order valence-electron chi connectivity index (χ3n) is 7.36. The van der Waals surface area contributed by atoms with Gasteiger partial charge in [-0.05, 0) is 71.9 Å². The van der Waals surface area contributed by atoms with E-state index < -0.39 is 0 Å². The molecule has 0 spiro atoms. The average molecular weight is 493 g/mol. The van der Waals surface area contributed by atoms with Crippen LogP contribution in [0.5, 0.6) is 5.75 Å². The largest absolute Gasteiger partial charge is 0.493 e. The van der Waals surface area contributed by atoms with Crippen molar-refractivity contribution >= 4 is 16.9 Å². The number of carbonyl (C=O) groups is 1. The molecule has 36 heavy (non-hydrogen) atoms. The van der Waals surface area contributed by atoms with Crippen molar-refractivity contribution in [2.45, 2.75) is 66.5 Å². The molecule has 3 aliphatic rings. The Labute approximate surface area is 216 Å². The molecule has 3 saturated heterocycles. The number of urea groups is 1. The van der Waals surface area contributed by atoms with E-state index in [1.165, 1.54) is 6.42 Å². The number of nitrogens with one attached hydrogen (secondary N) is 2. The van der Waals surface area contributed by atoms with Crippen LogP contribution in [0.1, 0.15) is 66.0 Å². The molecule has 0 saturated carbocycles. The van der Waals surface area contributed by atoms with Gasteiger partial charge in [-0.3, -0.25) is 9.88 Å². The van der Waals surface area contributed by atoms with E-state index in [0.717, 1.165) is 41.7 Å². The maximum Gasteiger partial charge on any atom is 0.315 e. The average Bonchev–Trinajstić information content (AvgIpc) is 2.83. The maximum atomic E-state index is 13.2. The molecule has 2 amide bonds. The van der Waals surface area contributed by atoms with Gasteiger partial charge in [-0.1, -0.05) is 47.6 Å². The Kier molecular flexibility index (Phi) is 7.65. The van der Waals surface area contributed by atoms with Crippen LogP contribution in [-0.2, 0) is 0 Å². The topological polar surface area (TPSA) is 66.5 Å². The third kappa shape index (κ3) is 6.39. The van der Waals surface area contributed by atoms with Crippen LogP contribution in [0.25, 0.3) is 10.9 Å². The molecule has 0 aliphatic carbocycles. The predicted molar refractivity (Wildman–Crippen MR) is 147 cm³/mol. The van der Waals surface area contributed by atoms with E-state index in [0.29, 0.717) is 25.0 Å². The Morgan fingerprint density at radius 3 is 2.64 bits per heavy atom. The van der Waals surface area contributed by atoms with Crippen molar-refractivity contribution in [2.24, 2.45) is 22.7 Å². The molecule has 2 N–H and O–H groups in total. The van der Waals surface area contributed by atoms with Gasteiger partial charge >= 0.3 is 6.03 Å². The Morgan fingerprint density at radius 1 is 1.22 bits per heavy atom. The molecule has 1 unspecified atom stereocenters. The van der Waals surface area contributed by atoms with Gasteiger partial charge in [-0.15, -0.1) is 6.58 Å². The Balaban J connectivity index is 1.68. The lowest BCUT2D eigenvalue weighted by molar-refractivity contribution is 0.00309. The first-order chi connectivity index (χ1) is 16.9. The highest BCUT2D eigenvalue weighted by Crippen LogP contribution is 2.42. The lowest BCUT2D eigenvalue weighted by Crippen LogP contribution is -2.58. The molecule has 2 bridgehead atoms. The predicted octanol–water partition coefficient (Wildman–Crippen LogP) is 5.94. The number of aromatic nitrogens is 1. The zero-order chi connectivity index (χ0) is 26.1. The van der Waals surface area contributed by atoms with Crippen LogP contribution >= 0.6 is 0 Å². The van der Waals surface area contributed by atoms with E-state index in [1.54, 1.807) is 0 Å². The summed E-state index contributed by atoms with van der Waals surface area (Å²) in [6.07, 6.45) is 6.22. The SMILES string of the molecule is C=C[C@H]1CN2CC[C@H]1C[C@H]2[C@H](NC(=O)NCC(C)(C)C)c1ccnc2ccc(OCC(C)(C)C)cc12. The molecule has 0 radical (unpaired) electrons. The summed E-state index contributed by atoms with van der Waals surface area (Å²) in [6.45, 7) is 20.3. The van der Waals surface area contributed by atoms with Crippen molar-refractivity contribution in [3.05, 3.63) is 48.7 Å². The van der Waals surface area contributed by atoms with Crippen LogP contribution < -0.4 is 15.4 Å². The molecule has 3 aliphatic heterocycles. The summed E-state index contributed by atoms with van der Waals surface area (Å²) in [4.78, 5) is 20.3. The van der Waals surface area contributed by atoms with Gasteiger partial charge < -0.3 is 15.4 Å². The number of benzene rings is 1. The number of hydrogen-bond acceptors (Lipinski definition) is 4. The fraction of sp³-hybridized carbons (Fsp3) is 0.600. The lowest BCUT2D eigenvalue weighted by atomic mass is 9.73. The van der Waals surface area contributed by atoms with E-state index in [-0.39, 0.29) is 28.9 Å². The molecule has 2 aromatic rings. The molecular formula is C30H44N4O2. The van der Waals surface area contributed by atoms with Crippen molar-refractivity contribution in [3.63, 3.8) is 0 Å². The van der Waals surface area contributed by atoms with Gasteiger partial charge in [-0.25, -0.2) is 4.79 Å². The standard InChI is InChI=1S/C30H44N4O2/c1-8-20-17-34-14-12-21(20)15-26(34)27(33-28(35)32-18-29(2,3)4)23-11-13-31-25-10-9-22(16-24(23)25)36-19-30(5,6)7/h8-11,13,16,20-21,26-27H,1,12,14-15,17-19H2,2-7H3,(H2,32,33,35)/t20-,21-,26-,27+/m0/s1. The first-order valence-electron chi connectivity index (χ1n) is 13.4. The molecule has 6 heteroatoms. The summed E-state index contributed by atoms with van der Waals surface area (Å²) in [7, 11) is 0. The van der Waals surface area contributed by atoms with Crippen molar-refractivity contribution in [2.75, 3.05) is 26.2 Å². The van der Waals surface area contributed by atoms with Gasteiger partial charge in [0.05, 0.1) is 18.2 Å². The Hall–Kier alpha value is -2.60. The van der Waals surface area contributed by atoms with Crippen LogP contribution in [0.2, 0.25) is 0 Å². The fourth-order valence-electron chi connectivity index (χ4n) is 5.45. The summed E-state index contributed by atoms with van der Waals surface area (Å²) in [5, 5.41) is 7.51. The van der Waals surface area contributed by atoms with Crippen molar-refractivity contribution < 1.29 is 9.53 Å². The minimum absolute atomic E-state index is 0.0140. The van der Waals surface area contributed by atoms with Crippen LogP contribution in [0, 0.1) is 22.7 Å². The third-order valence-corrected chi connectivity index (χ3v) is 7.36. The van der Waals surface area contributed by atoms with E-state index >= 15 is 0 Å². The summed E-state index contributed by atoms with van der Waals surface area (Å²) < 4.78 is 6.14. The zero-order valence-corrected chi connectivity index (χ0v) is 22.9. The molecule has 4 heterocycles. The number of fused-ring (bicyclic) bond motifs is 4. The van der Waals surface area contributed by atoms with Crippen LogP contribution in [-0.4, -0.2) is 48.2 Å². The summed E-state index contributed by atoms with van der Waals surface area (Å²) >= 11 is 0. The van der Waals surface area contributed by atoms with Gasteiger partial charge in [0.25, 0.3) is 0 Å². The van der Waals surface area contributed by atoms with Crippen molar-refractivity contribution in [3.8, 4) is 5.75 Å². The highest BCUT2D eigenvalue weighted by molar-refractivity contribution is 5.85. The van der Waals surface area contributed by atoms with Gasteiger partial charge in [-0.2, -0.15) is 0 Å². The first kappa shape index (κ1) is 26.5. The Morgan fingerprint density at radius 2 is 2.00 bits per heavy atom. The second kappa shape index (κ2) is 10.4. The van der Waals surface area contributed by atoms with Crippen LogP contribution in [0.4, 0.5) is 4.79 Å². The Bertz CT molecular complexity index is 1080. The van der Waals surface area contributed by atoms with Crippen molar-refractivity contribution in [1.29, 1.82) is 0 Å². The number of ether oxygens (including phenoxy) is 1. The van der Waals surface area contributed by atoms with Crippen LogP contribution in [0.15, 0.2) is 43.1 Å². The van der Waals surface area contributed by atoms with E-state index in [2.05, 4.69) is 86.8 Å². The molecule has 5 atom stereocenters. The number of hydrogen-bond donors (Lipinski definition) is 2. The van der Waals surface area contributed by atoms with Crippen LogP contribution in [0.3, 0.4) is 0 Å². The smallest absolute Gasteiger partial charge is 0.315 e. The minimum Gasteiger partial charge on any atom is -0.493 e. The molecule has 1 aromatic heterocycles. The number of pyridine rings is 1. The second-order valence-electron chi connectivity index (χ2n) is 13.0. The van der Waals surface area contributed by atoms with E-state index in [4.69, 9.17) is 4.74 Å². The number of amides is 2. The first-order valence-corrected chi connectivity index (χ1v) is 13.4. The number of piperidine rings is 3. The molecule has 5 rings (SSSR count). The summed E-state index contributed by atoms with van der Waals surface area (Å²) in [5.74, 6) is 1.97. The molecular weight excluding hydrogens is 448 g/mol. The number of nitrogens with zero attached hydrogens (tertiary/aromatic N) is 2. The highest BCUT2D eigenvalue weighted by Gasteiger charge is 2.43. The van der Waals surface area contributed by atoms with E-state index in [9.17, 15) is 4.79 Å². The van der Waals surface area contributed by atoms with Gasteiger partial charge in [0.1, 0.15) is 5.75 Å². The monoisotopic (exact) mass is 492 g/mol. The molecule has 196 valence electrons. The second-order valence-corrected chi connectivity index (χ2v) is 13.0. The summed E-state index contributed by atoms with van der Waals surface area (Å²) in [6, 6.07) is 8.13. The van der Waals surface area contributed by atoms with Gasteiger partial charge in [0.2, 0.25) is 0 Å². The number of carbonyl (C=O) groups excluding carboxylic acids is 1. The molecule has 6 nitrogen and oxygen atoms in total. The molecule has 1 aromatic carbocycles. The lowest BCUT2D eigenvalue weighted by Gasteiger charge is -2.51. The quantitative estimate of drug-likeness (QED) is 0.469. The normalized spacial score (nSPS) is 24.8.